The Morgan fingerprint density at radius 1 is 1.35 bits per heavy atom. The summed E-state index contributed by atoms with van der Waals surface area (Å²) in [6, 6.07) is 3.49. The van der Waals surface area contributed by atoms with Crippen LogP contribution in [0.5, 0.6) is 0 Å². The molecule has 1 aliphatic carbocycles. The van der Waals surface area contributed by atoms with E-state index in [4.69, 9.17) is 9.52 Å². The van der Waals surface area contributed by atoms with Crippen LogP contribution in [0.4, 0.5) is 0 Å². The molecule has 5 nitrogen and oxygen atoms in total. The van der Waals surface area contributed by atoms with E-state index < -0.39 is 11.5 Å². The normalized spacial score (nSPS) is 18.0. The number of rotatable bonds is 5. The molecule has 20 heavy (non-hydrogen) atoms. The highest BCUT2D eigenvalue weighted by Gasteiger charge is 2.35. The van der Waals surface area contributed by atoms with Gasteiger partial charge in [-0.05, 0) is 31.1 Å². The van der Waals surface area contributed by atoms with E-state index in [1.54, 1.807) is 18.2 Å². The Balaban J connectivity index is 1.99. The number of aliphatic carboxylic acids is 1. The summed E-state index contributed by atoms with van der Waals surface area (Å²) in [5.74, 6) is -0.553. The summed E-state index contributed by atoms with van der Waals surface area (Å²) in [7, 11) is 0. The van der Waals surface area contributed by atoms with Gasteiger partial charge in [0.2, 0.25) is 5.91 Å². The van der Waals surface area contributed by atoms with Crippen molar-refractivity contribution in [2.75, 3.05) is 0 Å². The highest BCUT2D eigenvalue weighted by Crippen LogP contribution is 2.31. The van der Waals surface area contributed by atoms with Gasteiger partial charge in [-0.1, -0.05) is 19.3 Å². The molecule has 0 spiro atoms. The standard InChI is InChI=1S/C15H19NO4/c17-13(7-6-12-5-4-10-20-12)16-15(11-14(18)19)8-2-1-3-9-15/h4-7,10H,1-3,8-9,11H2,(H,16,17)(H,18,19). The topological polar surface area (TPSA) is 79.5 Å². The van der Waals surface area contributed by atoms with E-state index in [2.05, 4.69) is 5.32 Å². The zero-order valence-electron chi connectivity index (χ0n) is 11.3. The number of nitrogens with one attached hydrogen (secondary N) is 1. The first-order valence-corrected chi connectivity index (χ1v) is 6.85. The highest BCUT2D eigenvalue weighted by molar-refractivity contribution is 5.92. The monoisotopic (exact) mass is 277 g/mol. The molecule has 2 rings (SSSR count). The minimum atomic E-state index is -0.873. The molecule has 1 fully saturated rings. The number of furan rings is 1. The van der Waals surface area contributed by atoms with E-state index in [1.165, 1.54) is 12.3 Å². The molecule has 1 saturated carbocycles. The number of carboxylic acid groups (broad SMARTS) is 1. The lowest BCUT2D eigenvalue weighted by molar-refractivity contribution is -0.139. The smallest absolute Gasteiger partial charge is 0.305 e. The zero-order chi connectivity index (χ0) is 14.4. The molecule has 5 heteroatoms. The van der Waals surface area contributed by atoms with Gasteiger partial charge < -0.3 is 14.8 Å². The molecule has 1 aliphatic rings. The number of carbonyl (C=O) groups is 2. The van der Waals surface area contributed by atoms with Gasteiger partial charge in [0.15, 0.2) is 0 Å². The molecule has 1 heterocycles. The maximum absolute atomic E-state index is 12.0. The third-order valence-corrected chi connectivity index (χ3v) is 3.63. The lowest BCUT2D eigenvalue weighted by Crippen LogP contribution is -2.50. The van der Waals surface area contributed by atoms with Gasteiger partial charge in [-0.15, -0.1) is 0 Å². The minimum absolute atomic E-state index is 0.0205. The van der Waals surface area contributed by atoms with Crippen molar-refractivity contribution in [3.05, 3.63) is 30.2 Å². The molecule has 1 amide bonds. The van der Waals surface area contributed by atoms with Crippen LogP contribution in [0.3, 0.4) is 0 Å². The second-order valence-electron chi connectivity index (χ2n) is 5.25. The van der Waals surface area contributed by atoms with Gasteiger partial charge in [-0.2, -0.15) is 0 Å². The summed E-state index contributed by atoms with van der Waals surface area (Å²) >= 11 is 0. The van der Waals surface area contributed by atoms with Crippen molar-refractivity contribution in [1.82, 2.24) is 5.32 Å². The van der Waals surface area contributed by atoms with Crippen LogP contribution in [0, 0.1) is 0 Å². The third-order valence-electron chi connectivity index (χ3n) is 3.63. The van der Waals surface area contributed by atoms with Crippen LogP contribution < -0.4 is 5.32 Å². The lowest BCUT2D eigenvalue weighted by Gasteiger charge is -2.36. The average molecular weight is 277 g/mol. The Labute approximate surface area is 117 Å². The molecule has 0 bridgehead atoms. The number of hydrogen-bond donors (Lipinski definition) is 2. The Morgan fingerprint density at radius 2 is 2.10 bits per heavy atom. The maximum atomic E-state index is 12.0. The van der Waals surface area contributed by atoms with Crippen molar-refractivity contribution >= 4 is 18.0 Å². The second kappa shape index (κ2) is 6.41. The molecular weight excluding hydrogens is 258 g/mol. The maximum Gasteiger partial charge on any atom is 0.305 e. The molecule has 0 unspecified atom stereocenters. The molecule has 0 radical (unpaired) electrons. The minimum Gasteiger partial charge on any atom is -0.481 e. The first-order valence-electron chi connectivity index (χ1n) is 6.85. The fraction of sp³-hybridized carbons (Fsp3) is 0.467. The van der Waals surface area contributed by atoms with Crippen molar-refractivity contribution in [3.63, 3.8) is 0 Å². The SMILES string of the molecule is O=C(O)CC1(NC(=O)C=Cc2ccco2)CCCCC1. The number of carbonyl (C=O) groups excluding carboxylic acids is 1. The molecule has 0 atom stereocenters. The molecule has 108 valence electrons. The van der Waals surface area contributed by atoms with Crippen molar-refractivity contribution in [1.29, 1.82) is 0 Å². The molecule has 0 aliphatic heterocycles. The lowest BCUT2D eigenvalue weighted by atomic mass is 9.79. The molecule has 0 saturated heterocycles. The van der Waals surface area contributed by atoms with Crippen LogP contribution >= 0.6 is 0 Å². The average Bonchev–Trinajstić information content (AvgIpc) is 2.89. The Bertz CT molecular complexity index is 484. The van der Waals surface area contributed by atoms with Crippen molar-refractivity contribution < 1.29 is 19.1 Å². The van der Waals surface area contributed by atoms with Crippen LogP contribution in [-0.4, -0.2) is 22.5 Å². The Morgan fingerprint density at radius 3 is 2.70 bits per heavy atom. The molecule has 2 N–H and O–H groups in total. The van der Waals surface area contributed by atoms with Crippen molar-refractivity contribution in [2.24, 2.45) is 0 Å². The van der Waals surface area contributed by atoms with Gasteiger partial charge in [0.05, 0.1) is 18.2 Å². The quantitative estimate of drug-likeness (QED) is 0.811. The van der Waals surface area contributed by atoms with Gasteiger partial charge in [0, 0.05) is 6.08 Å². The van der Waals surface area contributed by atoms with E-state index >= 15 is 0 Å². The molecule has 1 aromatic heterocycles. The van der Waals surface area contributed by atoms with Crippen LogP contribution in [-0.2, 0) is 9.59 Å². The van der Waals surface area contributed by atoms with Crippen LogP contribution in [0.2, 0.25) is 0 Å². The van der Waals surface area contributed by atoms with Gasteiger partial charge in [-0.25, -0.2) is 0 Å². The third kappa shape index (κ3) is 3.98. The summed E-state index contributed by atoms with van der Waals surface area (Å²) in [4.78, 5) is 23.0. The molecule has 1 aromatic rings. The van der Waals surface area contributed by atoms with Gasteiger partial charge in [0.1, 0.15) is 5.76 Å². The summed E-state index contributed by atoms with van der Waals surface area (Å²) in [6.45, 7) is 0. The first-order chi connectivity index (χ1) is 9.60. The zero-order valence-corrected chi connectivity index (χ0v) is 11.3. The molecule has 0 aromatic carbocycles. The highest BCUT2D eigenvalue weighted by atomic mass is 16.4. The summed E-state index contributed by atoms with van der Waals surface area (Å²) in [5.41, 5.74) is -0.603. The van der Waals surface area contributed by atoms with Crippen LogP contribution in [0.1, 0.15) is 44.3 Å². The van der Waals surface area contributed by atoms with E-state index in [0.29, 0.717) is 5.76 Å². The van der Waals surface area contributed by atoms with Gasteiger partial charge in [0.25, 0.3) is 0 Å². The number of hydrogen-bond acceptors (Lipinski definition) is 3. The van der Waals surface area contributed by atoms with E-state index in [-0.39, 0.29) is 12.3 Å². The van der Waals surface area contributed by atoms with E-state index in [9.17, 15) is 9.59 Å². The largest absolute Gasteiger partial charge is 0.481 e. The Kier molecular flexibility index (Phi) is 4.61. The number of carboxylic acids is 1. The molecular formula is C15H19NO4. The predicted molar refractivity (Wildman–Crippen MR) is 74.0 cm³/mol. The fourth-order valence-electron chi connectivity index (χ4n) is 2.71. The van der Waals surface area contributed by atoms with Crippen molar-refractivity contribution in [2.45, 2.75) is 44.1 Å². The second-order valence-corrected chi connectivity index (χ2v) is 5.25. The number of amides is 1. The van der Waals surface area contributed by atoms with E-state index in [0.717, 1.165) is 32.1 Å². The van der Waals surface area contributed by atoms with Crippen molar-refractivity contribution in [3.8, 4) is 0 Å². The van der Waals surface area contributed by atoms with Crippen LogP contribution in [0.15, 0.2) is 28.9 Å². The first kappa shape index (κ1) is 14.4. The van der Waals surface area contributed by atoms with E-state index in [1.807, 2.05) is 0 Å². The van der Waals surface area contributed by atoms with Crippen LogP contribution in [0.25, 0.3) is 6.08 Å². The summed E-state index contributed by atoms with van der Waals surface area (Å²) in [5, 5.41) is 11.9. The fourth-order valence-corrected chi connectivity index (χ4v) is 2.71. The van der Waals surface area contributed by atoms with Gasteiger partial charge >= 0.3 is 5.97 Å². The predicted octanol–water partition coefficient (Wildman–Crippen LogP) is 2.59. The summed E-state index contributed by atoms with van der Waals surface area (Å²) < 4.78 is 5.10. The summed E-state index contributed by atoms with van der Waals surface area (Å²) in [6.07, 6.45) is 8.92. The Hall–Kier alpha value is -2.04. The van der Waals surface area contributed by atoms with Gasteiger partial charge in [-0.3, -0.25) is 9.59 Å².